The zero-order valence-corrected chi connectivity index (χ0v) is 26.7. The first-order valence-corrected chi connectivity index (χ1v) is 16.6. The summed E-state index contributed by atoms with van der Waals surface area (Å²) in [5.41, 5.74) is 12.0. The first-order chi connectivity index (χ1) is 22.3. The predicted molar refractivity (Wildman–Crippen MR) is 173 cm³/mol. The summed E-state index contributed by atoms with van der Waals surface area (Å²) in [5.74, 6) is 1.16. The summed E-state index contributed by atoms with van der Waals surface area (Å²) in [6, 6.07) is 9.93. The molecule has 8 rings (SSSR count). The lowest BCUT2D eigenvalue weighted by atomic mass is 9.97. The van der Waals surface area contributed by atoms with Crippen molar-refractivity contribution in [1.82, 2.24) is 34.1 Å². The molecule has 0 radical (unpaired) electrons. The quantitative estimate of drug-likeness (QED) is 0.318. The van der Waals surface area contributed by atoms with E-state index < -0.39 is 0 Å². The monoisotopic (exact) mass is 626 g/mol. The van der Waals surface area contributed by atoms with Gasteiger partial charge < -0.3 is 34.9 Å². The molecule has 2 bridgehead atoms. The molecule has 4 aromatic heterocycles. The third-order valence-corrected chi connectivity index (χ3v) is 10.4. The lowest BCUT2D eigenvalue weighted by Crippen LogP contribution is -2.46. The van der Waals surface area contributed by atoms with E-state index >= 15 is 0 Å². The van der Waals surface area contributed by atoms with Crippen molar-refractivity contribution in [1.29, 1.82) is 0 Å². The molecule has 242 valence electrons. The number of urea groups is 1. The largest absolute Gasteiger partial charge is 0.482 e. The van der Waals surface area contributed by atoms with Gasteiger partial charge in [-0.15, -0.1) is 0 Å². The number of aryl methyl sites for hydroxylation is 1. The maximum absolute atomic E-state index is 13.8. The molecule has 3 saturated heterocycles. The van der Waals surface area contributed by atoms with Crippen LogP contribution < -0.4 is 15.8 Å². The van der Waals surface area contributed by atoms with Crippen LogP contribution in [0, 0.1) is 12.8 Å². The highest BCUT2D eigenvalue weighted by Gasteiger charge is 2.47. The summed E-state index contributed by atoms with van der Waals surface area (Å²) in [7, 11) is 1.63. The minimum absolute atomic E-state index is 0.00198. The second-order valence-electron chi connectivity index (χ2n) is 13.4. The van der Waals surface area contributed by atoms with Gasteiger partial charge in [-0.1, -0.05) is 0 Å². The Morgan fingerprint density at radius 3 is 2.61 bits per heavy atom. The van der Waals surface area contributed by atoms with Crippen LogP contribution in [0.2, 0.25) is 0 Å². The molecule has 4 aliphatic rings. The van der Waals surface area contributed by atoms with E-state index in [0.29, 0.717) is 49.3 Å². The van der Waals surface area contributed by atoms with Crippen molar-refractivity contribution in [2.24, 2.45) is 11.7 Å². The van der Waals surface area contributed by atoms with Crippen LogP contribution >= 0.6 is 0 Å². The third kappa shape index (κ3) is 4.89. The topological polar surface area (TPSA) is 132 Å². The zero-order valence-electron chi connectivity index (χ0n) is 26.7. The van der Waals surface area contributed by atoms with Crippen molar-refractivity contribution in [2.45, 2.75) is 76.7 Å². The number of hydrogen-bond donors (Lipinski definition) is 2. The van der Waals surface area contributed by atoms with Crippen LogP contribution in [0.3, 0.4) is 0 Å². The van der Waals surface area contributed by atoms with Gasteiger partial charge in [-0.3, -0.25) is 9.20 Å². The Labute approximate surface area is 267 Å². The van der Waals surface area contributed by atoms with Crippen molar-refractivity contribution in [3.05, 3.63) is 47.3 Å². The van der Waals surface area contributed by atoms with E-state index in [2.05, 4.69) is 22.0 Å². The second kappa shape index (κ2) is 11.3. The normalized spacial score (nSPS) is 23.4. The number of methoxy groups -OCH3 is 1. The van der Waals surface area contributed by atoms with Gasteiger partial charge in [0.15, 0.2) is 5.88 Å². The van der Waals surface area contributed by atoms with Crippen LogP contribution in [-0.4, -0.2) is 92.2 Å². The number of carbonyl (C=O) groups excluding carboxylic acids is 2. The Balaban J connectivity index is 1.16. The first kappa shape index (κ1) is 29.3. The molecule has 0 spiro atoms. The molecule has 0 aromatic carbocycles. The fourth-order valence-corrected chi connectivity index (χ4v) is 7.73. The van der Waals surface area contributed by atoms with Crippen LogP contribution in [0.1, 0.15) is 66.8 Å². The Morgan fingerprint density at radius 1 is 1.11 bits per heavy atom. The molecule has 12 nitrogen and oxygen atoms in total. The number of nitrogens with one attached hydrogen (secondary N) is 1. The highest BCUT2D eigenvalue weighted by Crippen LogP contribution is 2.40. The molecule has 1 aliphatic carbocycles. The summed E-state index contributed by atoms with van der Waals surface area (Å²) in [6.07, 6.45) is 5.22. The van der Waals surface area contributed by atoms with Crippen molar-refractivity contribution >= 4 is 28.6 Å². The van der Waals surface area contributed by atoms with Gasteiger partial charge in [-0.05, 0) is 76.1 Å². The fourth-order valence-electron chi connectivity index (χ4n) is 7.73. The van der Waals surface area contributed by atoms with Gasteiger partial charge in [0.2, 0.25) is 0 Å². The number of rotatable bonds is 7. The molecule has 4 fully saturated rings. The molecule has 46 heavy (non-hydrogen) atoms. The minimum Gasteiger partial charge on any atom is -0.482 e. The van der Waals surface area contributed by atoms with Gasteiger partial charge in [-0.25, -0.2) is 14.8 Å². The lowest BCUT2D eigenvalue weighted by molar-refractivity contribution is 0.0526. The predicted octanol–water partition coefficient (Wildman–Crippen LogP) is 3.89. The van der Waals surface area contributed by atoms with E-state index in [1.807, 2.05) is 41.3 Å². The number of amides is 3. The maximum Gasteiger partial charge on any atom is 0.318 e. The van der Waals surface area contributed by atoms with Crippen LogP contribution in [0.5, 0.6) is 5.88 Å². The molecular formula is C34H42N8O4. The average molecular weight is 627 g/mol. The summed E-state index contributed by atoms with van der Waals surface area (Å²) in [6.45, 7) is 7.15. The number of morpholine rings is 1. The number of imidazole rings is 1. The number of fused-ring (bicyclic) bond motifs is 4. The summed E-state index contributed by atoms with van der Waals surface area (Å²) in [4.78, 5) is 40.7. The van der Waals surface area contributed by atoms with E-state index in [-0.39, 0.29) is 36.1 Å². The van der Waals surface area contributed by atoms with E-state index in [9.17, 15) is 9.59 Å². The van der Waals surface area contributed by atoms with Gasteiger partial charge in [0.1, 0.15) is 17.0 Å². The van der Waals surface area contributed by atoms with Crippen molar-refractivity contribution in [3.8, 4) is 17.3 Å². The Hall–Kier alpha value is -4.16. The number of ether oxygens (including phenoxy) is 2. The van der Waals surface area contributed by atoms with Gasteiger partial charge in [-0.2, -0.15) is 0 Å². The van der Waals surface area contributed by atoms with Gasteiger partial charge in [0.25, 0.3) is 5.91 Å². The van der Waals surface area contributed by atoms with Crippen LogP contribution in [0.15, 0.2) is 30.3 Å². The molecular weight excluding hydrogens is 584 g/mol. The number of hydrogen-bond acceptors (Lipinski definition) is 7. The summed E-state index contributed by atoms with van der Waals surface area (Å²) in [5, 5.41) is 4.14. The molecule has 7 heterocycles. The Morgan fingerprint density at radius 2 is 1.91 bits per heavy atom. The third-order valence-electron chi connectivity index (χ3n) is 10.4. The summed E-state index contributed by atoms with van der Waals surface area (Å²) < 4.78 is 15.5. The molecule has 3 aliphatic heterocycles. The van der Waals surface area contributed by atoms with Gasteiger partial charge in [0, 0.05) is 54.8 Å². The molecule has 4 atom stereocenters. The van der Waals surface area contributed by atoms with E-state index in [1.165, 1.54) is 12.8 Å². The number of carbonyl (C=O) groups is 2. The van der Waals surface area contributed by atoms with Crippen LogP contribution in [0.4, 0.5) is 4.79 Å². The van der Waals surface area contributed by atoms with Crippen LogP contribution in [0.25, 0.3) is 28.1 Å². The molecule has 0 unspecified atom stereocenters. The standard InChI is InChI=1S/C34H42N8O4/c1-19(36-34(44)39-10-12-46-13-11-39)26-8-6-22-14-28(40(32(22)37-26)18-21-4-5-21)31-20(2)41-29(38-31)15-23(16-30(41)45-3)33(43)42-24-7-9-27(42)25(35)17-24/h6,8,14-16,19,21,24-25,27H,4-5,7,9-13,17-18,35H2,1-3H3,(H,36,44)/t19-,24+,25-,27-/m1/s1. The molecule has 3 N–H and O–H groups in total. The van der Waals surface area contributed by atoms with E-state index in [1.54, 1.807) is 12.0 Å². The Bertz CT molecular complexity index is 1840. The van der Waals surface area contributed by atoms with Crippen molar-refractivity contribution < 1.29 is 19.1 Å². The smallest absolute Gasteiger partial charge is 0.318 e. The first-order valence-electron chi connectivity index (χ1n) is 16.6. The van der Waals surface area contributed by atoms with E-state index in [0.717, 1.165) is 59.6 Å². The van der Waals surface area contributed by atoms with Crippen LogP contribution in [-0.2, 0) is 11.3 Å². The number of nitrogens with zero attached hydrogens (tertiary/aromatic N) is 6. The molecule has 3 amide bonds. The number of aromatic nitrogens is 4. The maximum atomic E-state index is 13.8. The highest BCUT2D eigenvalue weighted by molar-refractivity contribution is 5.97. The van der Waals surface area contributed by atoms with Crippen molar-refractivity contribution in [3.63, 3.8) is 0 Å². The number of pyridine rings is 2. The minimum atomic E-state index is -0.259. The van der Waals surface area contributed by atoms with Gasteiger partial charge in [0.05, 0.1) is 43.4 Å². The second-order valence-corrected chi connectivity index (χ2v) is 13.4. The van der Waals surface area contributed by atoms with E-state index in [4.69, 9.17) is 25.2 Å². The molecule has 1 saturated carbocycles. The highest BCUT2D eigenvalue weighted by atomic mass is 16.5. The zero-order chi connectivity index (χ0) is 31.7. The Kier molecular flexibility index (Phi) is 7.17. The van der Waals surface area contributed by atoms with Crippen molar-refractivity contribution in [2.75, 3.05) is 33.4 Å². The molecule has 4 aromatic rings. The number of nitrogens with two attached hydrogens (primary N) is 1. The fraction of sp³-hybridized carbons (Fsp3) is 0.529. The molecule has 12 heteroatoms. The summed E-state index contributed by atoms with van der Waals surface area (Å²) >= 11 is 0. The SMILES string of the molecule is COc1cc(C(=O)N2[C@H]3CC[C@@H]2[C@H](N)C3)cc2nc(-c3cc4ccc([C@@H](C)NC(=O)N5CCOCC5)nc4n3CC3CC3)c(C)n12. The van der Waals surface area contributed by atoms with Gasteiger partial charge >= 0.3 is 6.03 Å². The lowest BCUT2D eigenvalue weighted by Gasteiger charge is -2.28. The average Bonchev–Trinajstić information content (AvgIpc) is 3.38.